The summed E-state index contributed by atoms with van der Waals surface area (Å²) in [5, 5.41) is 0. The molecule has 0 fully saturated rings. The largest absolute Gasteiger partial charge is 0.477 e. The molecule has 0 rings (SSSR count). The lowest BCUT2D eigenvalue weighted by Gasteiger charge is -2.03. The van der Waals surface area contributed by atoms with E-state index in [1.807, 2.05) is 6.92 Å². The fraction of sp³-hybridized carbons (Fsp3) is 0.286. The second kappa shape index (κ2) is 4.61. The van der Waals surface area contributed by atoms with Crippen LogP contribution in [0.4, 0.5) is 0 Å². The minimum Gasteiger partial charge on any atom is -0.477 e. The molecule has 0 radical (unpaired) electrons. The van der Waals surface area contributed by atoms with Gasteiger partial charge in [-0.3, -0.25) is 0 Å². The standard InChI is InChI=1S/C7H12N2O/c1-4-9-7(6(3)8)10-5-2/h4H,1,3,5,8H2,2H3. The third-order valence-corrected chi connectivity index (χ3v) is 0.764. The van der Waals surface area contributed by atoms with Gasteiger partial charge in [-0.15, -0.1) is 0 Å². The van der Waals surface area contributed by atoms with E-state index in [0.717, 1.165) is 0 Å². The summed E-state index contributed by atoms with van der Waals surface area (Å²) in [6.07, 6.45) is 1.36. The monoisotopic (exact) mass is 140 g/mol. The zero-order valence-corrected chi connectivity index (χ0v) is 6.13. The maximum Gasteiger partial charge on any atom is 0.236 e. The first kappa shape index (κ1) is 8.75. The molecule has 0 heterocycles. The van der Waals surface area contributed by atoms with Gasteiger partial charge in [0.25, 0.3) is 0 Å². The number of nitrogens with zero attached hydrogens (tertiary/aromatic N) is 1. The number of rotatable bonds is 3. The first-order chi connectivity index (χ1) is 4.72. The lowest BCUT2D eigenvalue weighted by molar-refractivity contribution is 0.327. The fourth-order valence-electron chi connectivity index (χ4n) is 0.433. The number of hydrogen-bond acceptors (Lipinski definition) is 3. The molecule has 2 N–H and O–H groups in total. The predicted molar refractivity (Wildman–Crippen MR) is 42.6 cm³/mol. The van der Waals surface area contributed by atoms with Crippen molar-refractivity contribution in [2.45, 2.75) is 6.92 Å². The second-order valence-corrected chi connectivity index (χ2v) is 1.58. The van der Waals surface area contributed by atoms with Crippen molar-refractivity contribution in [3.05, 3.63) is 25.1 Å². The van der Waals surface area contributed by atoms with Crippen molar-refractivity contribution in [1.82, 2.24) is 0 Å². The molecular formula is C7H12N2O. The molecular weight excluding hydrogens is 128 g/mol. The van der Waals surface area contributed by atoms with E-state index < -0.39 is 0 Å². The van der Waals surface area contributed by atoms with Crippen molar-refractivity contribution in [3.8, 4) is 0 Å². The highest BCUT2D eigenvalue weighted by molar-refractivity contribution is 5.92. The first-order valence-corrected chi connectivity index (χ1v) is 2.98. The third-order valence-electron chi connectivity index (χ3n) is 0.764. The molecule has 0 spiro atoms. The van der Waals surface area contributed by atoms with Gasteiger partial charge in [-0.1, -0.05) is 13.2 Å². The lowest BCUT2D eigenvalue weighted by Crippen LogP contribution is -2.13. The van der Waals surface area contributed by atoms with Crippen LogP contribution < -0.4 is 5.73 Å². The van der Waals surface area contributed by atoms with Crippen LogP contribution in [0, 0.1) is 0 Å². The molecule has 0 aromatic carbocycles. The molecule has 0 aromatic heterocycles. The fourth-order valence-corrected chi connectivity index (χ4v) is 0.433. The molecule has 0 atom stereocenters. The molecule has 0 aliphatic rings. The van der Waals surface area contributed by atoms with Crippen LogP contribution in [-0.4, -0.2) is 12.5 Å². The van der Waals surface area contributed by atoms with E-state index in [0.29, 0.717) is 18.2 Å². The summed E-state index contributed by atoms with van der Waals surface area (Å²) in [4.78, 5) is 3.75. The topological polar surface area (TPSA) is 47.6 Å². The van der Waals surface area contributed by atoms with Crippen LogP contribution in [0.25, 0.3) is 0 Å². The van der Waals surface area contributed by atoms with Crippen LogP contribution >= 0.6 is 0 Å². The summed E-state index contributed by atoms with van der Waals surface area (Å²) < 4.78 is 5.00. The summed E-state index contributed by atoms with van der Waals surface area (Å²) in [5.74, 6) is 0.345. The van der Waals surface area contributed by atoms with Crippen LogP contribution in [-0.2, 0) is 4.74 Å². The molecule has 0 aromatic rings. The summed E-state index contributed by atoms with van der Waals surface area (Å²) >= 11 is 0. The van der Waals surface area contributed by atoms with Crippen molar-refractivity contribution in [1.29, 1.82) is 0 Å². The summed E-state index contributed by atoms with van der Waals surface area (Å²) in [5.41, 5.74) is 5.63. The van der Waals surface area contributed by atoms with Crippen molar-refractivity contribution in [2.24, 2.45) is 10.7 Å². The zero-order valence-electron chi connectivity index (χ0n) is 6.13. The maximum atomic E-state index is 5.31. The Morgan fingerprint density at radius 2 is 2.40 bits per heavy atom. The van der Waals surface area contributed by atoms with Gasteiger partial charge in [0.2, 0.25) is 5.90 Å². The molecule has 3 heteroatoms. The zero-order chi connectivity index (χ0) is 7.98. The Labute approximate surface area is 60.9 Å². The molecule has 0 saturated heterocycles. The normalized spacial score (nSPS) is 10.7. The Kier molecular flexibility index (Phi) is 4.04. The predicted octanol–water partition coefficient (Wildman–Crippen LogP) is 1.04. The van der Waals surface area contributed by atoms with Gasteiger partial charge in [0, 0.05) is 6.20 Å². The summed E-state index contributed by atoms with van der Waals surface area (Å²) in [7, 11) is 0. The molecule has 0 unspecified atom stereocenters. The minimum absolute atomic E-state index is 0.321. The summed E-state index contributed by atoms with van der Waals surface area (Å²) in [6.45, 7) is 9.25. The van der Waals surface area contributed by atoms with Crippen LogP contribution in [0.1, 0.15) is 6.92 Å². The Balaban J connectivity index is 4.11. The van der Waals surface area contributed by atoms with Crippen LogP contribution in [0.2, 0.25) is 0 Å². The van der Waals surface area contributed by atoms with E-state index in [4.69, 9.17) is 10.5 Å². The molecule has 10 heavy (non-hydrogen) atoms. The molecule has 0 bridgehead atoms. The van der Waals surface area contributed by atoms with Crippen molar-refractivity contribution < 1.29 is 4.74 Å². The van der Waals surface area contributed by atoms with Gasteiger partial charge in [0.05, 0.1) is 12.3 Å². The van der Waals surface area contributed by atoms with E-state index in [2.05, 4.69) is 18.2 Å². The molecule has 3 nitrogen and oxygen atoms in total. The van der Waals surface area contributed by atoms with E-state index in [-0.39, 0.29) is 0 Å². The minimum atomic E-state index is 0.321. The number of nitrogens with two attached hydrogens (primary N) is 1. The smallest absolute Gasteiger partial charge is 0.236 e. The van der Waals surface area contributed by atoms with Gasteiger partial charge < -0.3 is 10.5 Å². The quantitative estimate of drug-likeness (QED) is 0.470. The Hall–Kier alpha value is -1.25. The second-order valence-electron chi connectivity index (χ2n) is 1.58. The Bertz CT molecular complexity index is 161. The van der Waals surface area contributed by atoms with Gasteiger partial charge in [-0.05, 0) is 6.92 Å². The average Bonchev–Trinajstić information content (AvgIpc) is 1.87. The molecule has 0 aliphatic carbocycles. The number of hydrogen-bond donors (Lipinski definition) is 1. The van der Waals surface area contributed by atoms with Crippen molar-refractivity contribution in [3.63, 3.8) is 0 Å². The molecule has 0 amide bonds. The molecule has 0 aliphatic heterocycles. The van der Waals surface area contributed by atoms with Gasteiger partial charge in [-0.2, -0.15) is 0 Å². The highest BCUT2D eigenvalue weighted by Crippen LogP contribution is 1.89. The molecule has 56 valence electrons. The van der Waals surface area contributed by atoms with E-state index in [9.17, 15) is 0 Å². The summed E-state index contributed by atoms with van der Waals surface area (Å²) in [6, 6.07) is 0. The van der Waals surface area contributed by atoms with Crippen LogP contribution in [0.15, 0.2) is 30.0 Å². The third kappa shape index (κ3) is 2.91. The molecule has 0 saturated carbocycles. The van der Waals surface area contributed by atoms with Gasteiger partial charge >= 0.3 is 0 Å². The van der Waals surface area contributed by atoms with E-state index in [1.165, 1.54) is 6.20 Å². The van der Waals surface area contributed by atoms with Crippen LogP contribution in [0.3, 0.4) is 0 Å². The van der Waals surface area contributed by atoms with Crippen molar-refractivity contribution >= 4 is 5.90 Å². The van der Waals surface area contributed by atoms with E-state index >= 15 is 0 Å². The van der Waals surface area contributed by atoms with Gasteiger partial charge in [0.1, 0.15) is 0 Å². The maximum absolute atomic E-state index is 5.31. The lowest BCUT2D eigenvalue weighted by atomic mass is 10.5. The van der Waals surface area contributed by atoms with Gasteiger partial charge in [-0.25, -0.2) is 4.99 Å². The Morgan fingerprint density at radius 3 is 2.70 bits per heavy atom. The van der Waals surface area contributed by atoms with E-state index in [1.54, 1.807) is 0 Å². The highest BCUT2D eigenvalue weighted by atomic mass is 16.5. The van der Waals surface area contributed by atoms with Crippen molar-refractivity contribution in [2.75, 3.05) is 6.61 Å². The van der Waals surface area contributed by atoms with Gasteiger partial charge in [0.15, 0.2) is 0 Å². The first-order valence-electron chi connectivity index (χ1n) is 2.98. The highest BCUT2D eigenvalue weighted by Gasteiger charge is 1.97. The van der Waals surface area contributed by atoms with Crippen LogP contribution in [0.5, 0.6) is 0 Å². The Morgan fingerprint density at radius 1 is 1.80 bits per heavy atom. The number of ether oxygens (including phenoxy) is 1. The average molecular weight is 140 g/mol. The SMILES string of the molecule is C=CN=C(OCC)C(=C)N. The number of aliphatic imine (C=N–C) groups is 1.